The van der Waals surface area contributed by atoms with Crippen LogP contribution >= 0.6 is 0 Å². The quantitative estimate of drug-likeness (QED) is 0.353. The van der Waals surface area contributed by atoms with Crippen LogP contribution in [0.1, 0.15) is 31.9 Å². The second kappa shape index (κ2) is 13.3. The van der Waals surface area contributed by atoms with E-state index in [9.17, 15) is 18.0 Å². The average Bonchev–Trinajstić information content (AvgIpc) is 2.93. The zero-order valence-corrected chi connectivity index (χ0v) is 24.6. The fraction of sp³-hybridized carbons (Fsp3) is 0.333. The van der Waals surface area contributed by atoms with Gasteiger partial charge in [0.25, 0.3) is 10.0 Å². The van der Waals surface area contributed by atoms with Crippen molar-refractivity contribution in [2.75, 3.05) is 25.1 Å². The van der Waals surface area contributed by atoms with Crippen molar-refractivity contribution in [2.45, 2.75) is 51.2 Å². The number of amides is 2. The number of aryl methyl sites for hydroxylation is 1. The molecule has 0 aliphatic carbocycles. The van der Waals surface area contributed by atoms with Gasteiger partial charge in [-0.2, -0.15) is 0 Å². The molecule has 3 aromatic rings. The molecule has 10 heteroatoms. The summed E-state index contributed by atoms with van der Waals surface area (Å²) >= 11 is 0. The standard InChI is InChI=1S/C30H37N3O6S/c1-21(2)31-30(35)23(4)32(19-24-12-10-11-22(3)17-24)29(34)20-33(40(36,37)26-13-8-7-9-14-26)25-15-16-27(38-5)28(18-25)39-6/h7-18,21,23H,19-20H2,1-6H3,(H,31,35)/t23-/m0/s1. The summed E-state index contributed by atoms with van der Waals surface area (Å²) in [6, 6.07) is 19.1. The lowest BCUT2D eigenvalue weighted by Gasteiger charge is -2.32. The number of sulfonamides is 1. The van der Waals surface area contributed by atoms with E-state index >= 15 is 0 Å². The van der Waals surface area contributed by atoms with Crippen molar-refractivity contribution in [1.29, 1.82) is 0 Å². The molecule has 0 aliphatic rings. The second-order valence-electron chi connectivity index (χ2n) is 9.71. The topological polar surface area (TPSA) is 105 Å². The maximum atomic E-state index is 14.0. The Bertz CT molecular complexity index is 1430. The van der Waals surface area contributed by atoms with Gasteiger partial charge < -0.3 is 19.7 Å². The van der Waals surface area contributed by atoms with E-state index in [0.717, 1.165) is 15.4 Å². The molecule has 0 spiro atoms. The molecular weight excluding hydrogens is 530 g/mol. The highest BCUT2D eigenvalue weighted by Gasteiger charge is 2.33. The molecule has 0 saturated heterocycles. The third-order valence-corrected chi connectivity index (χ3v) is 8.09. The normalized spacial score (nSPS) is 12.0. The van der Waals surface area contributed by atoms with E-state index in [-0.39, 0.29) is 29.1 Å². The van der Waals surface area contributed by atoms with Gasteiger partial charge in [-0.3, -0.25) is 13.9 Å². The number of benzene rings is 3. The molecule has 0 fully saturated rings. The maximum Gasteiger partial charge on any atom is 0.264 e. The minimum Gasteiger partial charge on any atom is -0.493 e. The molecule has 2 amide bonds. The van der Waals surface area contributed by atoms with Gasteiger partial charge in [0, 0.05) is 18.7 Å². The first-order valence-electron chi connectivity index (χ1n) is 12.9. The average molecular weight is 568 g/mol. The first-order valence-corrected chi connectivity index (χ1v) is 14.4. The number of hydrogen-bond donors (Lipinski definition) is 1. The highest BCUT2D eigenvalue weighted by atomic mass is 32.2. The molecule has 0 saturated carbocycles. The molecule has 3 aromatic carbocycles. The molecule has 3 rings (SSSR count). The number of carbonyl (C=O) groups is 2. The fourth-order valence-electron chi connectivity index (χ4n) is 4.22. The first kappa shape index (κ1) is 30.5. The van der Waals surface area contributed by atoms with E-state index in [0.29, 0.717) is 11.5 Å². The van der Waals surface area contributed by atoms with Gasteiger partial charge in [-0.05, 0) is 57.5 Å². The lowest BCUT2D eigenvalue weighted by atomic mass is 10.1. The summed E-state index contributed by atoms with van der Waals surface area (Å²) in [6.45, 7) is 6.83. The molecule has 214 valence electrons. The summed E-state index contributed by atoms with van der Waals surface area (Å²) in [6.07, 6.45) is 0. The van der Waals surface area contributed by atoms with Gasteiger partial charge in [-0.1, -0.05) is 48.0 Å². The van der Waals surface area contributed by atoms with Gasteiger partial charge in [-0.25, -0.2) is 8.42 Å². The van der Waals surface area contributed by atoms with Crippen molar-refractivity contribution in [2.24, 2.45) is 0 Å². The summed E-state index contributed by atoms with van der Waals surface area (Å²) in [5.41, 5.74) is 2.04. The molecule has 1 atom stereocenters. The predicted octanol–water partition coefficient (Wildman–Crippen LogP) is 4.15. The molecule has 0 aromatic heterocycles. The van der Waals surface area contributed by atoms with E-state index in [2.05, 4.69) is 5.32 Å². The third-order valence-electron chi connectivity index (χ3n) is 6.30. The monoisotopic (exact) mass is 567 g/mol. The number of methoxy groups -OCH3 is 2. The number of rotatable bonds is 12. The second-order valence-corrected chi connectivity index (χ2v) is 11.6. The summed E-state index contributed by atoms with van der Waals surface area (Å²) in [4.78, 5) is 28.4. The third kappa shape index (κ3) is 7.32. The van der Waals surface area contributed by atoms with Crippen LogP contribution in [0.25, 0.3) is 0 Å². The molecule has 0 bridgehead atoms. The largest absolute Gasteiger partial charge is 0.493 e. The Labute approximate surface area is 236 Å². The Morgan fingerprint density at radius 3 is 2.15 bits per heavy atom. The van der Waals surface area contributed by atoms with Gasteiger partial charge >= 0.3 is 0 Å². The Morgan fingerprint density at radius 1 is 0.875 bits per heavy atom. The SMILES string of the molecule is COc1ccc(N(CC(=O)N(Cc2cccc(C)c2)[C@@H](C)C(=O)NC(C)C)S(=O)(=O)c2ccccc2)cc1OC. The highest BCUT2D eigenvalue weighted by Crippen LogP contribution is 2.34. The number of hydrogen-bond acceptors (Lipinski definition) is 6. The summed E-state index contributed by atoms with van der Waals surface area (Å²) in [7, 11) is -1.26. The van der Waals surface area contributed by atoms with E-state index in [1.807, 2.05) is 45.0 Å². The Hall–Kier alpha value is -4.05. The van der Waals surface area contributed by atoms with Crippen LogP contribution in [-0.4, -0.2) is 58.0 Å². The van der Waals surface area contributed by atoms with E-state index in [4.69, 9.17) is 9.47 Å². The number of anilines is 1. The number of nitrogens with one attached hydrogen (secondary N) is 1. The van der Waals surface area contributed by atoms with Crippen molar-refractivity contribution in [3.8, 4) is 11.5 Å². The lowest BCUT2D eigenvalue weighted by Crippen LogP contribution is -2.52. The minimum absolute atomic E-state index is 0.0217. The number of nitrogens with zero attached hydrogens (tertiary/aromatic N) is 2. The molecular formula is C30H37N3O6S. The molecule has 0 aliphatic heterocycles. The summed E-state index contributed by atoms with van der Waals surface area (Å²) in [5, 5.41) is 2.85. The van der Waals surface area contributed by atoms with E-state index in [1.165, 1.54) is 37.3 Å². The smallest absolute Gasteiger partial charge is 0.264 e. The van der Waals surface area contributed by atoms with Crippen LogP contribution in [0.5, 0.6) is 11.5 Å². The highest BCUT2D eigenvalue weighted by molar-refractivity contribution is 7.92. The number of ether oxygens (including phenoxy) is 2. The van der Waals surface area contributed by atoms with Gasteiger partial charge in [0.15, 0.2) is 11.5 Å². The molecule has 0 radical (unpaired) electrons. The van der Waals surface area contributed by atoms with Crippen LogP contribution in [0, 0.1) is 6.92 Å². The van der Waals surface area contributed by atoms with Crippen LogP contribution in [-0.2, 0) is 26.2 Å². The van der Waals surface area contributed by atoms with Crippen molar-refractivity contribution in [1.82, 2.24) is 10.2 Å². The van der Waals surface area contributed by atoms with Crippen LogP contribution in [0.2, 0.25) is 0 Å². The van der Waals surface area contributed by atoms with Crippen molar-refractivity contribution in [3.63, 3.8) is 0 Å². The zero-order chi connectivity index (χ0) is 29.4. The molecule has 0 unspecified atom stereocenters. The fourth-order valence-corrected chi connectivity index (χ4v) is 5.65. The van der Waals surface area contributed by atoms with Crippen LogP contribution in [0.15, 0.2) is 77.7 Å². The Balaban J connectivity index is 2.08. The summed E-state index contributed by atoms with van der Waals surface area (Å²) < 4.78 is 39.5. The summed E-state index contributed by atoms with van der Waals surface area (Å²) in [5.74, 6) is -0.154. The lowest BCUT2D eigenvalue weighted by molar-refractivity contribution is -0.139. The van der Waals surface area contributed by atoms with Crippen LogP contribution < -0.4 is 19.1 Å². The van der Waals surface area contributed by atoms with Gasteiger partial charge in [-0.15, -0.1) is 0 Å². The Kier molecular flexibility index (Phi) is 10.2. The van der Waals surface area contributed by atoms with E-state index in [1.54, 1.807) is 37.3 Å². The van der Waals surface area contributed by atoms with Gasteiger partial charge in [0.1, 0.15) is 12.6 Å². The minimum atomic E-state index is -4.18. The molecule has 0 heterocycles. The van der Waals surface area contributed by atoms with Crippen molar-refractivity contribution in [3.05, 3.63) is 83.9 Å². The molecule has 9 nitrogen and oxygen atoms in total. The van der Waals surface area contributed by atoms with Crippen molar-refractivity contribution < 1.29 is 27.5 Å². The Morgan fingerprint density at radius 2 is 1.55 bits per heavy atom. The molecule has 40 heavy (non-hydrogen) atoms. The van der Waals surface area contributed by atoms with Crippen molar-refractivity contribution >= 4 is 27.5 Å². The molecule has 1 N–H and O–H groups in total. The zero-order valence-electron chi connectivity index (χ0n) is 23.7. The van der Waals surface area contributed by atoms with Crippen LogP contribution in [0.4, 0.5) is 5.69 Å². The first-order chi connectivity index (χ1) is 19.0. The number of carbonyl (C=O) groups excluding carboxylic acids is 2. The van der Waals surface area contributed by atoms with Crippen LogP contribution in [0.3, 0.4) is 0 Å². The predicted molar refractivity (Wildman–Crippen MR) is 155 cm³/mol. The van der Waals surface area contributed by atoms with E-state index < -0.39 is 28.5 Å². The maximum absolute atomic E-state index is 14.0. The van der Waals surface area contributed by atoms with Gasteiger partial charge in [0.05, 0.1) is 24.8 Å². The van der Waals surface area contributed by atoms with Gasteiger partial charge in [0.2, 0.25) is 11.8 Å².